The maximum atomic E-state index is 12.5. The van der Waals surface area contributed by atoms with Crippen LogP contribution in [0.2, 0.25) is 0 Å². The van der Waals surface area contributed by atoms with Gasteiger partial charge in [-0.05, 0) is 37.1 Å². The Hall–Kier alpha value is -2.78. The van der Waals surface area contributed by atoms with Crippen molar-refractivity contribution in [3.63, 3.8) is 0 Å². The Morgan fingerprint density at radius 1 is 1.19 bits per heavy atom. The Bertz CT molecular complexity index is 1000. The number of nitro benzene ring substituents is 1. The van der Waals surface area contributed by atoms with Crippen molar-refractivity contribution in [2.24, 2.45) is 0 Å². The SMILES string of the molecule is Cc1cc(C(=O)NCc2ccccc2[N+](=O)[O-])cc(S(=O)(=O)N(C)C)c1C. The van der Waals surface area contributed by atoms with E-state index in [1.807, 2.05) is 0 Å². The third-order valence-corrected chi connectivity index (χ3v) is 6.21. The van der Waals surface area contributed by atoms with Crippen molar-refractivity contribution in [1.29, 1.82) is 0 Å². The second kappa shape index (κ2) is 7.85. The number of rotatable bonds is 6. The summed E-state index contributed by atoms with van der Waals surface area (Å²) in [6.07, 6.45) is 0. The van der Waals surface area contributed by atoms with Crippen LogP contribution >= 0.6 is 0 Å². The summed E-state index contributed by atoms with van der Waals surface area (Å²) >= 11 is 0. The van der Waals surface area contributed by atoms with Gasteiger partial charge in [0.1, 0.15) is 0 Å². The molecule has 0 heterocycles. The van der Waals surface area contributed by atoms with E-state index >= 15 is 0 Å². The van der Waals surface area contributed by atoms with Crippen LogP contribution in [0.5, 0.6) is 0 Å². The highest BCUT2D eigenvalue weighted by molar-refractivity contribution is 7.89. The first-order valence-electron chi connectivity index (χ1n) is 8.10. The molecule has 27 heavy (non-hydrogen) atoms. The third kappa shape index (κ3) is 4.32. The van der Waals surface area contributed by atoms with Gasteiger partial charge >= 0.3 is 0 Å². The van der Waals surface area contributed by atoms with Crippen molar-refractivity contribution in [3.05, 3.63) is 68.8 Å². The zero-order valence-electron chi connectivity index (χ0n) is 15.5. The van der Waals surface area contributed by atoms with Gasteiger partial charge in [0.2, 0.25) is 10.0 Å². The Morgan fingerprint density at radius 2 is 1.81 bits per heavy atom. The predicted molar refractivity (Wildman–Crippen MR) is 101 cm³/mol. The fraction of sp³-hybridized carbons (Fsp3) is 0.278. The van der Waals surface area contributed by atoms with Crippen LogP contribution in [-0.4, -0.2) is 37.6 Å². The molecule has 144 valence electrons. The molecule has 0 atom stereocenters. The lowest BCUT2D eigenvalue weighted by Gasteiger charge is -2.16. The average Bonchev–Trinajstić information content (AvgIpc) is 2.61. The van der Waals surface area contributed by atoms with Gasteiger partial charge in [-0.25, -0.2) is 12.7 Å². The number of nitro groups is 1. The van der Waals surface area contributed by atoms with Gasteiger partial charge in [0.05, 0.1) is 9.82 Å². The van der Waals surface area contributed by atoms with Crippen LogP contribution in [0.15, 0.2) is 41.3 Å². The van der Waals surface area contributed by atoms with E-state index in [1.54, 1.807) is 38.1 Å². The zero-order valence-corrected chi connectivity index (χ0v) is 16.3. The van der Waals surface area contributed by atoms with Crippen LogP contribution in [0.4, 0.5) is 5.69 Å². The van der Waals surface area contributed by atoms with Crippen LogP contribution in [0, 0.1) is 24.0 Å². The van der Waals surface area contributed by atoms with Crippen LogP contribution < -0.4 is 5.32 Å². The highest BCUT2D eigenvalue weighted by Gasteiger charge is 2.23. The topological polar surface area (TPSA) is 110 Å². The minimum Gasteiger partial charge on any atom is -0.348 e. The molecular weight excluding hydrogens is 370 g/mol. The molecule has 0 unspecified atom stereocenters. The summed E-state index contributed by atoms with van der Waals surface area (Å²) < 4.78 is 26.1. The van der Waals surface area contributed by atoms with Gasteiger partial charge in [-0.3, -0.25) is 14.9 Å². The van der Waals surface area contributed by atoms with Crippen LogP contribution in [0.1, 0.15) is 27.0 Å². The van der Waals surface area contributed by atoms with E-state index in [0.717, 1.165) is 4.31 Å². The lowest BCUT2D eigenvalue weighted by atomic mass is 10.1. The second-order valence-electron chi connectivity index (χ2n) is 6.27. The van der Waals surface area contributed by atoms with Crippen molar-refractivity contribution in [2.45, 2.75) is 25.3 Å². The smallest absolute Gasteiger partial charge is 0.274 e. The molecule has 9 heteroatoms. The van der Waals surface area contributed by atoms with Crippen LogP contribution in [-0.2, 0) is 16.6 Å². The number of hydrogen-bond acceptors (Lipinski definition) is 5. The van der Waals surface area contributed by atoms with Gasteiger partial charge in [0.25, 0.3) is 11.6 Å². The Labute approximate surface area is 158 Å². The molecule has 0 spiro atoms. The molecule has 2 aromatic carbocycles. The predicted octanol–water partition coefficient (Wildman–Crippen LogP) is 2.39. The number of para-hydroxylation sites is 1. The molecule has 1 N–H and O–H groups in total. The van der Waals surface area contributed by atoms with E-state index < -0.39 is 20.9 Å². The first kappa shape index (κ1) is 20.5. The molecule has 0 saturated carbocycles. The standard InChI is InChI=1S/C18H21N3O5S/c1-12-9-15(10-17(13(12)2)27(25,26)20(3)4)18(22)19-11-14-7-5-6-8-16(14)21(23)24/h5-10H,11H2,1-4H3,(H,19,22). The molecule has 0 fully saturated rings. The fourth-order valence-electron chi connectivity index (χ4n) is 2.54. The Balaban J connectivity index is 2.33. The summed E-state index contributed by atoms with van der Waals surface area (Å²) in [5.41, 5.74) is 1.68. The molecule has 0 radical (unpaired) electrons. The molecule has 2 aromatic rings. The highest BCUT2D eigenvalue weighted by Crippen LogP contribution is 2.23. The summed E-state index contributed by atoms with van der Waals surface area (Å²) in [6.45, 7) is 3.36. The van der Waals surface area contributed by atoms with E-state index in [1.165, 1.54) is 26.2 Å². The molecule has 2 rings (SSSR count). The van der Waals surface area contributed by atoms with E-state index in [2.05, 4.69) is 5.32 Å². The third-order valence-electron chi connectivity index (χ3n) is 4.27. The Morgan fingerprint density at radius 3 is 2.41 bits per heavy atom. The molecule has 8 nitrogen and oxygen atoms in total. The van der Waals surface area contributed by atoms with Gasteiger partial charge < -0.3 is 5.32 Å². The molecule has 0 saturated heterocycles. The van der Waals surface area contributed by atoms with Crippen molar-refractivity contribution < 1.29 is 18.1 Å². The number of sulfonamides is 1. The van der Waals surface area contributed by atoms with E-state index in [0.29, 0.717) is 16.7 Å². The Kier molecular flexibility index (Phi) is 5.97. The first-order valence-corrected chi connectivity index (χ1v) is 9.54. The van der Waals surface area contributed by atoms with Crippen molar-refractivity contribution in [2.75, 3.05) is 14.1 Å². The number of aryl methyl sites for hydroxylation is 1. The summed E-state index contributed by atoms with van der Waals surface area (Å²) in [6, 6.07) is 9.03. The maximum Gasteiger partial charge on any atom is 0.274 e. The van der Waals surface area contributed by atoms with E-state index in [-0.39, 0.29) is 22.7 Å². The summed E-state index contributed by atoms with van der Waals surface area (Å²) in [5.74, 6) is -0.508. The number of carbonyl (C=O) groups excluding carboxylic acids is 1. The number of nitrogens with one attached hydrogen (secondary N) is 1. The van der Waals surface area contributed by atoms with Crippen molar-refractivity contribution >= 4 is 21.6 Å². The lowest BCUT2D eigenvalue weighted by Crippen LogP contribution is -2.26. The molecule has 0 aliphatic carbocycles. The summed E-state index contributed by atoms with van der Waals surface area (Å²) in [7, 11) is -0.863. The number of amides is 1. The minimum absolute atomic E-state index is 0.0430. The zero-order chi connectivity index (χ0) is 20.4. The van der Waals surface area contributed by atoms with Gasteiger partial charge in [-0.2, -0.15) is 0 Å². The molecular formula is C18H21N3O5S. The number of carbonyl (C=O) groups is 1. The largest absolute Gasteiger partial charge is 0.348 e. The number of benzene rings is 2. The van der Waals surface area contributed by atoms with Gasteiger partial charge in [0.15, 0.2) is 0 Å². The highest BCUT2D eigenvalue weighted by atomic mass is 32.2. The quantitative estimate of drug-likeness (QED) is 0.601. The van der Waals surface area contributed by atoms with E-state index in [4.69, 9.17) is 0 Å². The average molecular weight is 391 g/mol. The lowest BCUT2D eigenvalue weighted by molar-refractivity contribution is -0.385. The molecule has 0 bridgehead atoms. The normalized spacial score (nSPS) is 11.4. The fourth-order valence-corrected chi connectivity index (χ4v) is 3.76. The van der Waals surface area contributed by atoms with Crippen LogP contribution in [0.25, 0.3) is 0 Å². The number of nitrogens with zero attached hydrogens (tertiary/aromatic N) is 2. The monoisotopic (exact) mass is 391 g/mol. The first-order chi connectivity index (χ1) is 12.6. The van der Waals surface area contributed by atoms with Crippen molar-refractivity contribution in [3.8, 4) is 0 Å². The number of hydrogen-bond donors (Lipinski definition) is 1. The van der Waals surface area contributed by atoms with E-state index in [9.17, 15) is 23.3 Å². The van der Waals surface area contributed by atoms with Gasteiger partial charge in [-0.15, -0.1) is 0 Å². The maximum absolute atomic E-state index is 12.5. The summed E-state index contributed by atoms with van der Waals surface area (Å²) in [5, 5.41) is 13.7. The van der Waals surface area contributed by atoms with Crippen molar-refractivity contribution in [1.82, 2.24) is 9.62 Å². The van der Waals surface area contributed by atoms with Gasteiger partial charge in [0, 0.05) is 37.8 Å². The summed E-state index contributed by atoms with van der Waals surface area (Å²) in [4.78, 5) is 23.1. The van der Waals surface area contributed by atoms with Crippen LogP contribution in [0.3, 0.4) is 0 Å². The minimum atomic E-state index is -3.71. The molecule has 0 aliphatic heterocycles. The molecule has 0 aliphatic rings. The molecule has 0 aromatic heterocycles. The second-order valence-corrected chi connectivity index (χ2v) is 8.39. The molecule has 1 amide bonds. The van der Waals surface area contributed by atoms with Gasteiger partial charge in [-0.1, -0.05) is 18.2 Å².